The predicted molar refractivity (Wildman–Crippen MR) is 38.0 cm³/mol. The van der Waals surface area contributed by atoms with Gasteiger partial charge in [-0.2, -0.15) is 0 Å². The van der Waals surface area contributed by atoms with Crippen LogP contribution in [0.2, 0.25) is 0 Å². The molecule has 0 aromatic heterocycles. The Morgan fingerprint density at radius 2 is 2.09 bits per heavy atom. The molecule has 2 fully saturated rings. The lowest BCUT2D eigenvalue weighted by Crippen LogP contribution is -2.11. The van der Waals surface area contributed by atoms with Gasteiger partial charge in [-0.15, -0.1) is 0 Å². The number of rotatable bonds is 2. The minimum Gasteiger partial charge on any atom is -0.481 e. The molecular formula is C8H12O3. The van der Waals surface area contributed by atoms with E-state index in [1.54, 1.807) is 0 Å². The summed E-state index contributed by atoms with van der Waals surface area (Å²) in [4.78, 5) is 10.3. The van der Waals surface area contributed by atoms with Crippen LogP contribution >= 0.6 is 0 Å². The minimum absolute atomic E-state index is 0.204. The fraction of sp³-hybridized carbons (Fsp3) is 0.875. The van der Waals surface area contributed by atoms with Gasteiger partial charge in [-0.1, -0.05) is 0 Å². The van der Waals surface area contributed by atoms with Crippen LogP contribution in [0.5, 0.6) is 0 Å². The van der Waals surface area contributed by atoms with E-state index in [1.165, 1.54) is 0 Å². The minimum atomic E-state index is -0.727. The molecule has 2 N–H and O–H groups in total. The van der Waals surface area contributed by atoms with Crippen LogP contribution in [0.3, 0.4) is 0 Å². The topological polar surface area (TPSA) is 57.5 Å². The molecule has 2 rings (SSSR count). The maximum absolute atomic E-state index is 10.3. The third-order valence-corrected chi connectivity index (χ3v) is 2.97. The molecule has 2 saturated carbocycles. The Hall–Kier alpha value is -0.570. The second-order valence-corrected chi connectivity index (χ2v) is 3.72. The predicted octanol–water partition coefficient (Wildman–Crippen LogP) is 0.478. The maximum Gasteiger partial charge on any atom is 0.303 e. The van der Waals surface area contributed by atoms with Gasteiger partial charge in [-0.25, -0.2) is 0 Å². The molecule has 2 aliphatic rings. The highest BCUT2D eigenvalue weighted by molar-refractivity contribution is 5.67. The van der Waals surface area contributed by atoms with E-state index in [0.29, 0.717) is 18.3 Å². The second-order valence-electron chi connectivity index (χ2n) is 3.72. The van der Waals surface area contributed by atoms with E-state index in [0.717, 1.165) is 6.42 Å². The van der Waals surface area contributed by atoms with Gasteiger partial charge < -0.3 is 10.2 Å². The molecule has 0 saturated heterocycles. The molecule has 0 bridgehead atoms. The summed E-state index contributed by atoms with van der Waals surface area (Å²) in [5, 5.41) is 17.8. The lowest BCUT2D eigenvalue weighted by Gasteiger charge is -2.08. The van der Waals surface area contributed by atoms with Gasteiger partial charge in [0.15, 0.2) is 0 Å². The van der Waals surface area contributed by atoms with E-state index in [-0.39, 0.29) is 18.4 Å². The van der Waals surface area contributed by atoms with E-state index in [1.807, 2.05) is 0 Å². The summed E-state index contributed by atoms with van der Waals surface area (Å²) < 4.78 is 0. The van der Waals surface area contributed by atoms with Gasteiger partial charge >= 0.3 is 5.97 Å². The van der Waals surface area contributed by atoms with Gasteiger partial charge in [-0.3, -0.25) is 4.79 Å². The number of hydrogen-bond donors (Lipinski definition) is 2. The SMILES string of the molecule is O=C(O)CC1C[C@H](O)[C@@H]2C[C@H]12. The number of aliphatic carboxylic acids is 1. The number of aliphatic hydroxyl groups excluding tert-OH is 1. The number of carbonyl (C=O) groups is 1. The van der Waals surface area contributed by atoms with Gasteiger partial charge in [0, 0.05) is 6.42 Å². The van der Waals surface area contributed by atoms with Crippen molar-refractivity contribution in [3.8, 4) is 0 Å². The fourth-order valence-corrected chi connectivity index (χ4v) is 2.34. The first-order valence-electron chi connectivity index (χ1n) is 4.08. The number of carboxylic acids is 1. The Bertz CT molecular complexity index is 190. The molecule has 4 atom stereocenters. The zero-order valence-corrected chi connectivity index (χ0v) is 6.23. The van der Waals surface area contributed by atoms with Crippen LogP contribution < -0.4 is 0 Å². The molecule has 0 aromatic rings. The van der Waals surface area contributed by atoms with Crippen LogP contribution in [-0.4, -0.2) is 22.3 Å². The van der Waals surface area contributed by atoms with Crippen molar-refractivity contribution in [2.24, 2.45) is 17.8 Å². The van der Waals surface area contributed by atoms with Crippen molar-refractivity contribution < 1.29 is 15.0 Å². The highest BCUT2D eigenvalue weighted by atomic mass is 16.4. The molecule has 2 aliphatic carbocycles. The number of carboxylic acid groups (broad SMARTS) is 1. The number of hydrogen-bond acceptors (Lipinski definition) is 2. The van der Waals surface area contributed by atoms with Crippen LogP contribution in [0.4, 0.5) is 0 Å². The maximum atomic E-state index is 10.3. The smallest absolute Gasteiger partial charge is 0.303 e. The zero-order valence-electron chi connectivity index (χ0n) is 6.23. The molecule has 3 nitrogen and oxygen atoms in total. The molecule has 0 spiro atoms. The van der Waals surface area contributed by atoms with E-state index >= 15 is 0 Å². The quantitative estimate of drug-likeness (QED) is 0.611. The summed E-state index contributed by atoms with van der Waals surface area (Å²) in [6.45, 7) is 0. The summed E-state index contributed by atoms with van der Waals surface area (Å²) >= 11 is 0. The Morgan fingerprint density at radius 3 is 2.45 bits per heavy atom. The first-order valence-corrected chi connectivity index (χ1v) is 4.08. The largest absolute Gasteiger partial charge is 0.481 e. The fourth-order valence-electron chi connectivity index (χ4n) is 2.34. The van der Waals surface area contributed by atoms with Gasteiger partial charge in [0.25, 0.3) is 0 Å². The van der Waals surface area contributed by atoms with E-state index < -0.39 is 5.97 Å². The van der Waals surface area contributed by atoms with E-state index in [4.69, 9.17) is 5.11 Å². The Morgan fingerprint density at radius 1 is 1.36 bits per heavy atom. The van der Waals surface area contributed by atoms with Crippen LogP contribution in [-0.2, 0) is 4.79 Å². The molecule has 0 amide bonds. The molecule has 0 aromatic carbocycles. The highest BCUT2D eigenvalue weighted by Gasteiger charge is 2.53. The average molecular weight is 156 g/mol. The third-order valence-electron chi connectivity index (χ3n) is 2.97. The lowest BCUT2D eigenvalue weighted by molar-refractivity contribution is -0.138. The van der Waals surface area contributed by atoms with Crippen molar-refractivity contribution in [2.75, 3.05) is 0 Å². The molecule has 0 aliphatic heterocycles. The summed E-state index contributed by atoms with van der Waals surface area (Å²) in [6, 6.07) is 0. The van der Waals surface area contributed by atoms with Crippen LogP contribution in [0.15, 0.2) is 0 Å². The second kappa shape index (κ2) is 2.21. The average Bonchev–Trinajstić information content (AvgIpc) is 2.57. The molecule has 0 radical (unpaired) electrons. The van der Waals surface area contributed by atoms with Crippen molar-refractivity contribution in [2.45, 2.75) is 25.4 Å². The Labute approximate surface area is 65.0 Å². The van der Waals surface area contributed by atoms with Crippen LogP contribution in [0.1, 0.15) is 19.3 Å². The summed E-state index contributed by atoms with van der Waals surface area (Å²) in [7, 11) is 0. The monoisotopic (exact) mass is 156 g/mol. The van der Waals surface area contributed by atoms with Crippen LogP contribution in [0, 0.1) is 17.8 Å². The standard InChI is InChI=1S/C8H12O3/c9-7-1-4(2-8(10)11)5-3-6(5)7/h4-7,9H,1-3H2,(H,10,11)/t4?,5-,6-,7+/m1/s1. The van der Waals surface area contributed by atoms with Crippen molar-refractivity contribution in [1.29, 1.82) is 0 Å². The highest BCUT2D eigenvalue weighted by Crippen LogP contribution is 2.56. The Kier molecular flexibility index (Phi) is 1.42. The van der Waals surface area contributed by atoms with Gasteiger partial charge in [0.1, 0.15) is 0 Å². The van der Waals surface area contributed by atoms with Crippen LogP contribution in [0.25, 0.3) is 0 Å². The summed E-state index contributed by atoms with van der Waals surface area (Å²) in [6.07, 6.45) is 1.81. The molecule has 11 heavy (non-hydrogen) atoms. The summed E-state index contributed by atoms with van der Waals surface area (Å²) in [5.74, 6) is 0.502. The van der Waals surface area contributed by atoms with E-state index in [9.17, 15) is 9.90 Å². The van der Waals surface area contributed by atoms with Crippen molar-refractivity contribution in [1.82, 2.24) is 0 Å². The molecule has 1 unspecified atom stereocenters. The van der Waals surface area contributed by atoms with Gasteiger partial charge in [0.2, 0.25) is 0 Å². The van der Waals surface area contributed by atoms with E-state index in [2.05, 4.69) is 0 Å². The number of fused-ring (bicyclic) bond motifs is 1. The summed E-state index contributed by atoms with van der Waals surface area (Å²) in [5.41, 5.74) is 0. The normalized spacial score (nSPS) is 47.0. The molecule has 0 heterocycles. The molecule has 62 valence electrons. The van der Waals surface area contributed by atoms with Crippen molar-refractivity contribution >= 4 is 5.97 Å². The van der Waals surface area contributed by atoms with Crippen molar-refractivity contribution in [3.05, 3.63) is 0 Å². The lowest BCUT2D eigenvalue weighted by atomic mass is 9.99. The first-order chi connectivity index (χ1) is 5.18. The van der Waals surface area contributed by atoms with Crippen molar-refractivity contribution in [3.63, 3.8) is 0 Å². The van der Waals surface area contributed by atoms with Gasteiger partial charge in [0.05, 0.1) is 6.10 Å². The third kappa shape index (κ3) is 1.13. The first kappa shape index (κ1) is 7.10. The number of aliphatic hydroxyl groups is 1. The Balaban J connectivity index is 1.92. The molecular weight excluding hydrogens is 144 g/mol. The molecule has 3 heteroatoms. The zero-order chi connectivity index (χ0) is 8.01. The van der Waals surface area contributed by atoms with Gasteiger partial charge in [-0.05, 0) is 30.6 Å².